The number of nitrogens with zero attached hydrogens (tertiary/aromatic N) is 1. The molecule has 3 rings (SSSR count). The molecule has 0 radical (unpaired) electrons. The predicted molar refractivity (Wildman–Crippen MR) is 108 cm³/mol. The molecule has 0 aromatic heterocycles. The SMILES string of the molecule is CC(C)(C)N1CCC2(CC1)Cc1ccccc1[C@H]2NS(=O)(=O)C(C)(C)C. The number of fused-ring (bicyclic) bond motifs is 1. The number of sulfonamides is 1. The van der Waals surface area contributed by atoms with Gasteiger partial charge in [-0.05, 0) is 90.4 Å². The lowest BCUT2D eigenvalue weighted by Gasteiger charge is -2.48. The lowest BCUT2D eigenvalue weighted by molar-refractivity contribution is 0.0315. The molecule has 0 bridgehead atoms. The third kappa shape index (κ3) is 3.46. The summed E-state index contributed by atoms with van der Waals surface area (Å²) in [6.45, 7) is 14.1. The van der Waals surface area contributed by atoms with Crippen LogP contribution in [0.3, 0.4) is 0 Å². The molecule has 1 atom stereocenters. The van der Waals surface area contributed by atoms with E-state index in [2.05, 4.69) is 48.6 Å². The van der Waals surface area contributed by atoms with E-state index in [4.69, 9.17) is 0 Å². The zero-order chi connectivity index (χ0) is 19.4. The number of hydrogen-bond donors (Lipinski definition) is 1. The van der Waals surface area contributed by atoms with E-state index in [-0.39, 0.29) is 17.0 Å². The van der Waals surface area contributed by atoms with E-state index in [0.29, 0.717) is 0 Å². The third-order valence-electron chi connectivity index (χ3n) is 6.31. The van der Waals surface area contributed by atoms with Crippen molar-refractivity contribution in [2.75, 3.05) is 13.1 Å². The third-order valence-corrected chi connectivity index (χ3v) is 8.47. The van der Waals surface area contributed by atoms with E-state index in [1.165, 1.54) is 11.1 Å². The normalized spacial score (nSPS) is 24.0. The summed E-state index contributed by atoms with van der Waals surface area (Å²) >= 11 is 0. The number of piperidine rings is 1. The molecular weight excluding hydrogens is 344 g/mol. The molecule has 1 aromatic rings. The van der Waals surface area contributed by atoms with Crippen molar-refractivity contribution in [3.63, 3.8) is 0 Å². The lowest BCUT2D eigenvalue weighted by Crippen LogP contribution is -2.53. The van der Waals surface area contributed by atoms with Gasteiger partial charge < -0.3 is 0 Å². The molecule has 1 aromatic carbocycles. The number of rotatable bonds is 2. The van der Waals surface area contributed by atoms with Gasteiger partial charge in [-0.2, -0.15) is 0 Å². The van der Waals surface area contributed by atoms with E-state index in [0.717, 1.165) is 32.4 Å². The maximum Gasteiger partial charge on any atom is 0.217 e. The van der Waals surface area contributed by atoms with Gasteiger partial charge in [-0.3, -0.25) is 4.90 Å². The Morgan fingerprint density at radius 1 is 1.04 bits per heavy atom. The molecule has 146 valence electrons. The molecule has 1 spiro atoms. The molecule has 0 unspecified atom stereocenters. The number of hydrogen-bond acceptors (Lipinski definition) is 3. The molecule has 0 saturated carbocycles. The van der Waals surface area contributed by atoms with Crippen LogP contribution < -0.4 is 4.72 Å². The minimum atomic E-state index is -3.40. The van der Waals surface area contributed by atoms with Gasteiger partial charge in [-0.1, -0.05) is 24.3 Å². The topological polar surface area (TPSA) is 49.4 Å². The maximum atomic E-state index is 12.9. The first-order valence-corrected chi connectivity index (χ1v) is 11.2. The first-order chi connectivity index (χ1) is 11.9. The van der Waals surface area contributed by atoms with E-state index in [9.17, 15) is 8.42 Å². The minimum absolute atomic E-state index is 0.0102. The fourth-order valence-corrected chi connectivity index (χ4v) is 5.44. The van der Waals surface area contributed by atoms with Crippen LogP contribution in [0.15, 0.2) is 24.3 Å². The predicted octanol–water partition coefficient (Wildman–Crippen LogP) is 3.88. The molecule has 5 heteroatoms. The van der Waals surface area contributed by atoms with Crippen molar-refractivity contribution in [2.24, 2.45) is 5.41 Å². The Morgan fingerprint density at radius 2 is 1.62 bits per heavy atom. The average Bonchev–Trinajstić information content (AvgIpc) is 2.79. The fraction of sp³-hybridized carbons (Fsp3) is 0.714. The summed E-state index contributed by atoms with van der Waals surface area (Å²) in [5.41, 5.74) is 2.62. The van der Waals surface area contributed by atoms with E-state index in [1.807, 2.05) is 6.07 Å². The fourth-order valence-electron chi connectivity index (χ4n) is 4.40. The minimum Gasteiger partial charge on any atom is -0.298 e. The van der Waals surface area contributed by atoms with Crippen molar-refractivity contribution in [3.05, 3.63) is 35.4 Å². The molecule has 26 heavy (non-hydrogen) atoms. The summed E-state index contributed by atoms with van der Waals surface area (Å²) in [6, 6.07) is 8.25. The second-order valence-corrected chi connectivity index (χ2v) is 12.5. The quantitative estimate of drug-likeness (QED) is 0.849. The summed E-state index contributed by atoms with van der Waals surface area (Å²) in [4.78, 5) is 2.52. The van der Waals surface area contributed by atoms with Crippen molar-refractivity contribution in [1.29, 1.82) is 0 Å². The Labute approximate surface area is 159 Å². The Morgan fingerprint density at radius 3 is 2.15 bits per heavy atom. The van der Waals surface area contributed by atoms with Crippen LogP contribution >= 0.6 is 0 Å². The Balaban J connectivity index is 1.93. The second-order valence-electron chi connectivity index (χ2n) is 10.1. The van der Waals surface area contributed by atoms with Crippen molar-refractivity contribution >= 4 is 10.0 Å². The molecule has 1 heterocycles. The molecule has 1 aliphatic heterocycles. The van der Waals surface area contributed by atoms with Gasteiger partial charge in [0.25, 0.3) is 0 Å². The Bertz CT molecular complexity index is 764. The van der Waals surface area contributed by atoms with Gasteiger partial charge >= 0.3 is 0 Å². The molecular formula is C21H34N2O2S. The zero-order valence-corrected chi connectivity index (χ0v) is 17.9. The summed E-state index contributed by atoms with van der Waals surface area (Å²) in [5, 5.41) is 0. The summed E-state index contributed by atoms with van der Waals surface area (Å²) in [5.74, 6) is 0. The summed E-state index contributed by atoms with van der Waals surface area (Å²) in [7, 11) is -3.40. The summed E-state index contributed by atoms with van der Waals surface area (Å²) < 4.78 is 28.2. The molecule has 1 saturated heterocycles. The first kappa shape index (κ1) is 19.8. The monoisotopic (exact) mass is 378 g/mol. The highest BCUT2D eigenvalue weighted by Crippen LogP contribution is 2.53. The van der Waals surface area contributed by atoms with E-state index >= 15 is 0 Å². The lowest BCUT2D eigenvalue weighted by atomic mass is 9.72. The van der Waals surface area contributed by atoms with Crippen LogP contribution in [0.4, 0.5) is 0 Å². The molecule has 0 amide bonds. The molecule has 1 fully saturated rings. The first-order valence-electron chi connectivity index (χ1n) is 9.71. The van der Waals surface area contributed by atoms with Crippen molar-refractivity contribution in [2.45, 2.75) is 77.1 Å². The number of benzene rings is 1. The molecule has 4 nitrogen and oxygen atoms in total. The van der Waals surface area contributed by atoms with Gasteiger partial charge in [0, 0.05) is 5.54 Å². The molecule has 1 aliphatic carbocycles. The average molecular weight is 379 g/mol. The van der Waals surface area contributed by atoms with Gasteiger partial charge in [0.15, 0.2) is 0 Å². The largest absolute Gasteiger partial charge is 0.298 e. The maximum absolute atomic E-state index is 12.9. The van der Waals surface area contributed by atoms with E-state index < -0.39 is 14.8 Å². The number of nitrogens with one attached hydrogen (secondary N) is 1. The van der Waals surface area contributed by atoms with Crippen molar-refractivity contribution in [1.82, 2.24) is 9.62 Å². The Kier molecular flexibility index (Phi) is 4.82. The van der Waals surface area contributed by atoms with Crippen LogP contribution in [0.2, 0.25) is 0 Å². The smallest absolute Gasteiger partial charge is 0.217 e. The zero-order valence-electron chi connectivity index (χ0n) is 17.1. The Hall–Kier alpha value is -0.910. The van der Waals surface area contributed by atoms with Crippen LogP contribution in [-0.2, 0) is 16.4 Å². The van der Waals surface area contributed by atoms with Gasteiger partial charge in [0.2, 0.25) is 10.0 Å². The van der Waals surface area contributed by atoms with Crippen LogP contribution in [0.1, 0.15) is 71.6 Å². The van der Waals surface area contributed by atoms with Crippen LogP contribution in [0.5, 0.6) is 0 Å². The van der Waals surface area contributed by atoms with Crippen molar-refractivity contribution in [3.8, 4) is 0 Å². The summed E-state index contributed by atoms with van der Waals surface area (Å²) in [6.07, 6.45) is 3.02. The van der Waals surface area contributed by atoms with Gasteiger partial charge in [0.1, 0.15) is 0 Å². The van der Waals surface area contributed by atoms with Gasteiger partial charge in [-0.15, -0.1) is 0 Å². The van der Waals surface area contributed by atoms with Crippen LogP contribution in [0.25, 0.3) is 0 Å². The van der Waals surface area contributed by atoms with Gasteiger partial charge in [0.05, 0.1) is 10.8 Å². The van der Waals surface area contributed by atoms with Crippen LogP contribution in [-0.4, -0.2) is 36.7 Å². The standard InChI is InChI=1S/C21H34N2O2S/c1-19(2,3)23-13-11-21(12-14-23)15-16-9-7-8-10-17(16)18(21)22-26(24,25)20(4,5)6/h7-10,18,22H,11-15H2,1-6H3/t18-/m1/s1. The van der Waals surface area contributed by atoms with Gasteiger partial charge in [-0.25, -0.2) is 13.1 Å². The van der Waals surface area contributed by atoms with Crippen molar-refractivity contribution < 1.29 is 8.42 Å². The highest BCUT2D eigenvalue weighted by atomic mass is 32.2. The molecule has 2 aliphatic rings. The highest BCUT2D eigenvalue weighted by Gasteiger charge is 2.50. The van der Waals surface area contributed by atoms with Crippen LogP contribution in [0, 0.1) is 5.41 Å². The highest BCUT2D eigenvalue weighted by molar-refractivity contribution is 7.90. The number of likely N-dealkylation sites (tertiary alicyclic amines) is 1. The molecule has 1 N–H and O–H groups in total. The van der Waals surface area contributed by atoms with E-state index in [1.54, 1.807) is 20.8 Å². The second kappa shape index (κ2) is 6.32.